The van der Waals surface area contributed by atoms with Crippen molar-refractivity contribution in [3.63, 3.8) is 0 Å². The molecule has 0 aliphatic carbocycles. The van der Waals surface area contributed by atoms with Crippen LogP contribution in [0.25, 0.3) is 10.9 Å². The number of aromatic nitrogens is 1. The molecule has 13 nitrogen and oxygen atoms in total. The third-order valence-corrected chi connectivity index (χ3v) is 6.18. The van der Waals surface area contributed by atoms with E-state index in [2.05, 4.69) is 20.9 Å². The van der Waals surface area contributed by atoms with Crippen LogP contribution in [0.1, 0.15) is 17.5 Å². The van der Waals surface area contributed by atoms with Crippen LogP contribution in [0.3, 0.4) is 0 Å². The molecule has 0 aliphatic rings. The van der Waals surface area contributed by atoms with Gasteiger partial charge in [0.2, 0.25) is 17.7 Å². The lowest BCUT2D eigenvalue weighted by Crippen LogP contribution is -2.58. The van der Waals surface area contributed by atoms with E-state index < -0.39 is 66.9 Å². The highest BCUT2D eigenvalue weighted by Crippen LogP contribution is 2.18. The summed E-state index contributed by atoms with van der Waals surface area (Å²) in [5, 5.41) is 35.6. The second-order valence-electron chi connectivity index (χ2n) is 9.16. The molecule has 3 aromatic rings. The Labute approximate surface area is 228 Å². The fourth-order valence-electron chi connectivity index (χ4n) is 4.08. The number of carboxylic acids is 2. The number of nitrogens with two attached hydrogens (primary N) is 1. The van der Waals surface area contributed by atoms with Gasteiger partial charge in [0.05, 0.1) is 19.1 Å². The Morgan fingerprint density at radius 3 is 2.02 bits per heavy atom. The Balaban J connectivity index is 1.74. The summed E-state index contributed by atoms with van der Waals surface area (Å²) in [5.41, 5.74) is 8.30. The van der Waals surface area contributed by atoms with Crippen LogP contribution in [0.15, 0.2) is 60.8 Å². The van der Waals surface area contributed by atoms with Crippen molar-refractivity contribution >= 4 is 40.6 Å². The largest absolute Gasteiger partial charge is 0.481 e. The maximum absolute atomic E-state index is 13.1. The predicted octanol–water partition coefficient (Wildman–Crippen LogP) is -0.714. The van der Waals surface area contributed by atoms with Gasteiger partial charge in [-0.25, -0.2) is 4.79 Å². The topological polar surface area (TPSA) is 224 Å². The molecule has 0 saturated heterocycles. The van der Waals surface area contributed by atoms with E-state index in [1.807, 2.05) is 24.3 Å². The molecule has 0 bridgehead atoms. The van der Waals surface area contributed by atoms with E-state index in [1.54, 1.807) is 36.5 Å². The van der Waals surface area contributed by atoms with Crippen molar-refractivity contribution in [2.75, 3.05) is 6.61 Å². The van der Waals surface area contributed by atoms with Crippen molar-refractivity contribution in [2.45, 2.75) is 43.4 Å². The molecule has 4 unspecified atom stereocenters. The zero-order valence-corrected chi connectivity index (χ0v) is 21.4. The average molecular weight is 554 g/mol. The summed E-state index contributed by atoms with van der Waals surface area (Å²) >= 11 is 0. The number of amides is 3. The maximum atomic E-state index is 13.1. The normalized spacial score (nSPS) is 13.9. The van der Waals surface area contributed by atoms with Crippen LogP contribution < -0.4 is 21.7 Å². The van der Waals surface area contributed by atoms with Crippen molar-refractivity contribution in [1.82, 2.24) is 20.9 Å². The first kappa shape index (κ1) is 29.8. The average Bonchev–Trinajstić information content (AvgIpc) is 3.33. The molecule has 1 heterocycles. The van der Waals surface area contributed by atoms with E-state index in [-0.39, 0.29) is 12.8 Å². The number of aromatic amines is 1. The third kappa shape index (κ3) is 8.12. The number of aliphatic hydroxyl groups is 1. The minimum Gasteiger partial charge on any atom is -0.481 e. The van der Waals surface area contributed by atoms with Gasteiger partial charge in [0.1, 0.15) is 18.1 Å². The number of hydrogen-bond donors (Lipinski definition) is 8. The Hall–Kier alpha value is -4.75. The molecule has 0 saturated carbocycles. The summed E-state index contributed by atoms with van der Waals surface area (Å²) in [5.74, 6) is -5.55. The van der Waals surface area contributed by atoms with Gasteiger partial charge in [-0.15, -0.1) is 0 Å². The zero-order chi connectivity index (χ0) is 29.2. The summed E-state index contributed by atoms with van der Waals surface area (Å²) in [4.78, 5) is 64.8. The predicted molar refractivity (Wildman–Crippen MR) is 143 cm³/mol. The van der Waals surface area contributed by atoms with E-state index >= 15 is 0 Å². The molecule has 3 rings (SSSR count). The minimum absolute atomic E-state index is 0.0794. The SMILES string of the molecule is NC(Cc1c[nH]c2ccccc12)C(=O)NC(CC(=O)O)C(=O)NC(Cc1ccccc1)C(=O)NC(CO)C(=O)O. The molecule has 0 spiro atoms. The molecular formula is C27H31N5O8. The van der Waals surface area contributed by atoms with Crippen LogP contribution >= 0.6 is 0 Å². The molecule has 1 aromatic heterocycles. The Kier molecular flexibility index (Phi) is 10.3. The summed E-state index contributed by atoms with van der Waals surface area (Å²) in [6.45, 7) is -0.890. The van der Waals surface area contributed by atoms with Crippen molar-refractivity contribution in [3.05, 3.63) is 71.9 Å². The molecule has 0 fully saturated rings. The number of aliphatic carboxylic acids is 2. The first-order valence-electron chi connectivity index (χ1n) is 12.4. The first-order valence-corrected chi connectivity index (χ1v) is 12.4. The molecule has 40 heavy (non-hydrogen) atoms. The number of fused-ring (bicyclic) bond motifs is 1. The van der Waals surface area contributed by atoms with Gasteiger partial charge in [0.15, 0.2) is 0 Å². The van der Waals surface area contributed by atoms with Crippen molar-refractivity contribution in [1.29, 1.82) is 0 Å². The summed E-state index contributed by atoms with van der Waals surface area (Å²) in [7, 11) is 0. The molecule has 0 aliphatic heterocycles. The monoisotopic (exact) mass is 553 g/mol. The highest BCUT2D eigenvalue weighted by atomic mass is 16.4. The van der Waals surface area contributed by atoms with Crippen LogP contribution in [-0.4, -0.2) is 80.7 Å². The summed E-state index contributed by atoms with van der Waals surface area (Å²) < 4.78 is 0. The fourth-order valence-corrected chi connectivity index (χ4v) is 4.08. The lowest BCUT2D eigenvalue weighted by Gasteiger charge is -2.24. The number of H-pyrrole nitrogens is 1. The Bertz CT molecular complexity index is 1360. The van der Waals surface area contributed by atoms with Gasteiger partial charge in [0, 0.05) is 23.5 Å². The number of carbonyl (C=O) groups is 5. The van der Waals surface area contributed by atoms with E-state index in [0.29, 0.717) is 5.56 Å². The number of para-hydroxylation sites is 1. The Morgan fingerprint density at radius 1 is 0.775 bits per heavy atom. The van der Waals surface area contributed by atoms with E-state index in [1.165, 1.54) is 0 Å². The summed E-state index contributed by atoms with van der Waals surface area (Å²) in [6.07, 6.45) is 0.937. The lowest BCUT2D eigenvalue weighted by molar-refractivity contribution is -0.144. The van der Waals surface area contributed by atoms with Gasteiger partial charge < -0.3 is 42.0 Å². The first-order chi connectivity index (χ1) is 19.1. The van der Waals surface area contributed by atoms with Gasteiger partial charge in [-0.1, -0.05) is 48.5 Å². The van der Waals surface area contributed by atoms with Gasteiger partial charge in [0.25, 0.3) is 0 Å². The number of aliphatic hydroxyl groups excluding tert-OH is 1. The van der Waals surface area contributed by atoms with Crippen LogP contribution in [0.4, 0.5) is 0 Å². The molecule has 4 atom stereocenters. The summed E-state index contributed by atoms with van der Waals surface area (Å²) in [6, 6.07) is 10.2. The van der Waals surface area contributed by atoms with Crippen LogP contribution in [0, 0.1) is 0 Å². The lowest BCUT2D eigenvalue weighted by atomic mass is 10.0. The highest BCUT2D eigenvalue weighted by molar-refractivity contribution is 5.96. The molecule has 0 radical (unpaired) electrons. The van der Waals surface area contributed by atoms with Crippen molar-refractivity contribution in [2.24, 2.45) is 5.73 Å². The zero-order valence-electron chi connectivity index (χ0n) is 21.4. The second-order valence-corrected chi connectivity index (χ2v) is 9.16. The van der Waals surface area contributed by atoms with Crippen LogP contribution in [-0.2, 0) is 36.8 Å². The number of carboxylic acid groups (broad SMARTS) is 2. The molecule has 3 amide bonds. The molecule has 9 N–H and O–H groups in total. The maximum Gasteiger partial charge on any atom is 0.328 e. The Morgan fingerprint density at radius 2 is 1.38 bits per heavy atom. The van der Waals surface area contributed by atoms with Crippen molar-refractivity contribution in [3.8, 4) is 0 Å². The molecule has 2 aromatic carbocycles. The number of carbonyl (C=O) groups excluding carboxylic acids is 3. The van der Waals surface area contributed by atoms with Crippen LogP contribution in [0.5, 0.6) is 0 Å². The number of hydrogen-bond acceptors (Lipinski definition) is 7. The molecular weight excluding hydrogens is 522 g/mol. The van der Waals surface area contributed by atoms with Gasteiger partial charge in [-0.2, -0.15) is 0 Å². The van der Waals surface area contributed by atoms with Gasteiger partial charge in [-0.05, 0) is 23.6 Å². The fraction of sp³-hybridized carbons (Fsp3) is 0.296. The van der Waals surface area contributed by atoms with Gasteiger partial charge >= 0.3 is 11.9 Å². The highest BCUT2D eigenvalue weighted by Gasteiger charge is 2.31. The number of benzene rings is 2. The molecule has 13 heteroatoms. The minimum atomic E-state index is -1.63. The van der Waals surface area contributed by atoms with Crippen LogP contribution in [0.2, 0.25) is 0 Å². The number of rotatable bonds is 14. The van der Waals surface area contributed by atoms with E-state index in [0.717, 1.165) is 16.5 Å². The standard InChI is InChI=1S/C27H31N5O8/c28-18(11-16-13-29-19-9-5-4-8-17(16)19)24(36)30-21(12-23(34)35)26(38)31-20(10-15-6-2-1-3-7-15)25(37)32-22(14-33)27(39)40/h1-9,13,18,20-22,29,33H,10-12,14,28H2,(H,30,36)(H,31,38)(H,32,37)(H,34,35)(H,39,40). The second kappa shape index (κ2) is 13.9. The van der Waals surface area contributed by atoms with E-state index in [4.69, 9.17) is 5.73 Å². The number of nitrogens with one attached hydrogen (secondary N) is 4. The third-order valence-electron chi connectivity index (χ3n) is 6.18. The van der Waals surface area contributed by atoms with Gasteiger partial charge in [-0.3, -0.25) is 19.2 Å². The molecule has 212 valence electrons. The van der Waals surface area contributed by atoms with E-state index in [9.17, 15) is 39.3 Å². The quantitative estimate of drug-likeness (QED) is 0.126. The van der Waals surface area contributed by atoms with Crippen molar-refractivity contribution < 1.29 is 39.3 Å². The smallest absolute Gasteiger partial charge is 0.328 e.